The van der Waals surface area contributed by atoms with Gasteiger partial charge >= 0.3 is 0 Å². The van der Waals surface area contributed by atoms with E-state index in [1.807, 2.05) is 0 Å². The summed E-state index contributed by atoms with van der Waals surface area (Å²) in [5, 5.41) is 11.5. The number of rotatable bonds is 7. The third kappa shape index (κ3) is 3.78. The lowest BCUT2D eigenvalue weighted by atomic mass is 10.2. The van der Waals surface area contributed by atoms with Gasteiger partial charge in [0.1, 0.15) is 6.10 Å². The van der Waals surface area contributed by atoms with Crippen molar-refractivity contribution in [3.63, 3.8) is 0 Å². The second kappa shape index (κ2) is 6.85. The predicted molar refractivity (Wildman–Crippen MR) is 68.3 cm³/mol. The largest absolute Gasteiger partial charge is 0.422 e. The van der Waals surface area contributed by atoms with Gasteiger partial charge in [-0.3, -0.25) is 0 Å². The van der Waals surface area contributed by atoms with Crippen molar-refractivity contribution in [2.75, 3.05) is 13.1 Å². The van der Waals surface area contributed by atoms with E-state index in [1.165, 1.54) is 6.42 Å². The minimum Gasteiger partial charge on any atom is -0.422 e. The average Bonchev–Trinajstić information content (AvgIpc) is 2.97. The molecule has 1 aromatic rings. The number of aryl methyl sites for hydroxylation is 1. The Labute approximate surface area is 108 Å². The van der Waals surface area contributed by atoms with Gasteiger partial charge in [0.05, 0.1) is 6.10 Å². The van der Waals surface area contributed by atoms with Crippen LogP contribution in [-0.2, 0) is 11.2 Å². The molecule has 5 heteroatoms. The smallest absolute Gasteiger partial charge is 0.245 e. The van der Waals surface area contributed by atoms with Gasteiger partial charge in [0, 0.05) is 6.42 Å². The molecule has 2 atom stereocenters. The molecule has 0 bridgehead atoms. The number of hydrogen-bond acceptors (Lipinski definition) is 5. The fourth-order valence-corrected chi connectivity index (χ4v) is 2.15. The Morgan fingerprint density at radius 1 is 1.28 bits per heavy atom. The van der Waals surface area contributed by atoms with Gasteiger partial charge in [-0.15, -0.1) is 10.2 Å². The lowest BCUT2D eigenvalue weighted by Gasteiger charge is -2.05. The SMILES string of the molecule is CCCNCCCc1nnc(C2CCC(C)O2)o1. The Morgan fingerprint density at radius 2 is 2.17 bits per heavy atom. The number of aromatic nitrogens is 2. The zero-order valence-corrected chi connectivity index (χ0v) is 11.3. The van der Waals surface area contributed by atoms with Crippen molar-refractivity contribution in [2.45, 2.75) is 58.2 Å². The summed E-state index contributed by atoms with van der Waals surface area (Å²) >= 11 is 0. The summed E-state index contributed by atoms with van der Waals surface area (Å²) in [6.07, 6.45) is 5.42. The lowest BCUT2D eigenvalue weighted by Crippen LogP contribution is -2.16. The van der Waals surface area contributed by atoms with Crippen molar-refractivity contribution in [1.82, 2.24) is 15.5 Å². The van der Waals surface area contributed by atoms with E-state index < -0.39 is 0 Å². The van der Waals surface area contributed by atoms with Crippen LogP contribution in [0.25, 0.3) is 0 Å². The van der Waals surface area contributed by atoms with Gasteiger partial charge in [0.25, 0.3) is 0 Å². The molecular weight excluding hydrogens is 230 g/mol. The summed E-state index contributed by atoms with van der Waals surface area (Å²) in [7, 11) is 0. The molecule has 0 aliphatic carbocycles. The molecule has 0 spiro atoms. The number of hydrogen-bond donors (Lipinski definition) is 1. The highest BCUT2D eigenvalue weighted by Gasteiger charge is 2.27. The van der Waals surface area contributed by atoms with Gasteiger partial charge in [-0.1, -0.05) is 6.92 Å². The maximum atomic E-state index is 5.71. The molecule has 5 nitrogen and oxygen atoms in total. The molecule has 1 aromatic heterocycles. The van der Waals surface area contributed by atoms with Crippen molar-refractivity contribution in [3.8, 4) is 0 Å². The first-order valence-electron chi connectivity index (χ1n) is 6.98. The number of nitrogens with zero attached hydrogens (tertiary/aromatic N) is 2. The van der Waals surface area contributed by atoms with E-state index in [0.717, 1.165) is 44.7 Å². The molecule has 1 N–H and O–H groups in total. The van der Waals surface area contributed by atoms with Crippen LogP contribution in [0.4, 0.5) is 0 Å². The molecule has 0 radical (unpaired) electrons. The monoisotopic (exact) mass is 253 g/mol. The maximum Gasteiger partial charge on any atom is 0.245 e. The third-order valence-corrected chi connectivity index (χ3v) is 3.16. The third-order valence-electron chi connectivity index (χ3n) is 3.16. The van der Waals surface area contributed by atoms with Gasteiger partial charge < -0.3 is 14.5 Å². The van der Waals surface area contributed by atoms with Crippen LogP contribution in [0.5, 0.6) is 0 Å². The van der Waals surface area contributed by atoms with Gasteiger partial charge in [0.15, 0.2) is 0 Å². The molecule has 102 valence electrons. The maximum absolute atomic E-state index is 5.71. The first kappa shape index (κ1) is 13.5. The highest BCUT2D eigenvalue weighted by Crippen LogP contribution is 2.31. The van der Waals surface area contributed by atoms with Crippen LogP contribution in [0.1, 0.15) is 57.4 Å². The van der Waals surface area contributed by atoms with Crippen LogP contribution in [0.2, 0.25) is 0 Å². The van der Waals surface area contributed by atoms with E-state index in [1.54, 1.807) is 0 Å². The summed E-state index contributed by atoms with van der Waals surface area (Å²) in [6.45, 7) is 6.32. The van der Waals surface area contributed by atoms with Crippen LogP contribution >= 0.6 is 0 Å². The normalized spacial score (nSPS) is 23.7. The van der Waals surface area contributed by atoms with Gasteiger partial charge in [-0.2, -0.15) is 0 Å². The van der Waals surface area contributed by atoms with E-state index in [9.17, 15) is 0 Å². The average molecular weight is 253 g/mol. The predicted octanol–water partition coefficient (Wildman–Crippen LogP) is 2.24. The minimum absolute atomic E-state index is 0.0134. The second-order valence-corrected chi connectivity index (χ2v) is 4.90. The van der Waals surface area contributed by atoms with Crippen molar-refractivity contribution in [3.05, 3.63) is 11.8 Å². The Bertz CT molecular complexity index is 354. The van der Waals surface area contributed by atoms with Crippen LogP contribution < -0.4 is 5.32 Å². The molecule has 2 rings (SSSR count). The highest BCUT2D eigenvalue weighted by atomic mass is 16.5. The topological polar surface area (TPSA) is 60.2 Å². The standard InChI is InChI=1S/C13H23N3O2/c1-3-8-14-9-4-5-12-15-16-13(18-12)11-7-6-10(2)17-11/h10-11,14H,3-9H2,1-2H3. The molecule has 1 saturated heterocycles. The molecule has 0 aromatic carbocycles. The first-order valence-corrected chi connectivity index (χ1v) is 6.98. The molecule has 1 fully saturated rings. The second-order valence-electron chi connectivity index (χ2n) is 4.90. The van der Waals surface area contributed by atoms with Crippen molar-refractivity contribution < 1.29 is 9.15 Å². The molecule has 1 aliphatic heterocycles. The van der Waals surface area contributed by atoms with Crippen molar-refractivity contribution >= 4 is 0 Å². The molecule has 1 aliphatic rings. The van der Waals surface area contributed by atoms with Crippen LogP contribution in [0, 0.1) is 0 Å². The Morgan fingerprint density at radius 3 is 2.89 bits per heavy atom. The Balaban J connectivity index is 1.72. The number of nitrogens with one attached hydrogen (secondary N) is 1. The summed E-state index contributed by atoms with van der Waals surface area (Å²) in [4.78, 5) is 0. The lowest BCUT2D eigenvalue weighted by molar-refractivity contribution is 0.0384. The molecule has 18 heavy (non-hydrogen) atoms. The fourth-order valence-electron chi connectivity index (χ4n) is 2.15. The Hall–Kier alpha value is -0.940. The zero-order chi connectivity index (χ0) is 12.8. The van der Waals surface area contributed by atoms with Gasteiger partial charge in [-0.05, 0) is 45.7 Å². The first-order chi connectivity index (χ1) is 8.79. The minimum atomic E-state index is 0.0134. The van der Waals surface area contributed by atoms with E-state index in [-0.39, 0.29) is 6.10 Å². The summed E-state index contributed by atoms with van der Waals surface area (Å²) in [6, 6.07) is 0. The Kier molecular flexibility index (Phi) is 5.13. The van der Waals surface area contributed by atoms with Crippen molar-refractivity contribution in [2.24, 2.45) is 0 Å². The summed E-state index contributed by atoms with van der Waals surface area (Å²) < 4.78 is 11.4. The quantitative estimate of drug-likeness (QED) is 0.755. The summed E-state index contributed by atoms with van der Waals surface area (Å²) in [5.41, 5.74) is 0. The molecule has 0 saturated carbocycles. The molecule has 2 heterocycles. The molecule has 2 unspecified atom stereocenters. The van der Waals surface area contributed by atoms with E-state index in [4.69, 9.17) is 9.15 Å². The fraction of sp³-hybridized carbons (Fsp3) is 0.846. The van der Waals surface area contributed by atoms with Gasteiger partial charge in [0.2, 0.25) is 11.8 Å². The summed E-state index contributed by atoms with van der Waals surface area (Å²) in [5.74, 6) is 1.38. The van der Waals surface area contributed by atoms with E-state index >= 15 is 0 Å². The van der Waals surface area contributed by atoms with Crippen molar-refractivity contribution in [1.29, 1.82) is 0 Å². The van der Waals surface area contributed by atoms with Crippen LogP contribution in [0.3, 0.4) is 0 Å². The van der Waals surface area contributed by atoms with Crippen LogP contribution in [-0.4, -0.2) is 29.4 Å². The molecule has 0 amide bonds. The van der Waals surface area contributed by atoms with Gasteiger partial charge in [-0.25, -0.2) is 0 Å². The zero-order valence-electron chi connectivity index (χ0n) is 11.3. The highest BCUT2D eigenvalue weighted by molar-refractivity contribution is 4.90. The number of ether oxygens (including phenoxy) is 1. The van der Waals surface area contributed by atoms with Crippen LogP contribution in [0.15, 0.2) is 4.42 Å². The molecular formula is C13H23N3O2. The van der Waals surface area contributed by atoms with E-state index in [0.29, 0.717) is 12.0 Å². The van der Waals surface area contributed by atoms with E-state index in [2.05, 4.69) is 29.4 Å².